The molecule has 2 N–H and O–H groups in total. The van der Waals surface area contributed by atoms with Crippen molar-refractivity contribution < 1.29 is 27.5 Å². The van der Waals surface area contributed by atoms with Gasteiger partial charge in [0.25, 0.3) is 0 Å². The van der Waals surface area contributed by atoms with E-state index in [2.05, 4.69) is 15.4 Å². The highest BCUT2D eigenvalue weighted by atomic mass is 35.5. The highest BCUT2D eigenvalue weighted by molar-refractivity contribution is 7.89. The summed E-state index contributed by atoms with van der Waals surface area (Å²) in [6.07, 6.45) is 1.03. The second-order valence-corrected chi connectivity index (χ2v) is 9.05. The van der Waals surface area contributed by atoms with Crippen LogP contribution in [-0.2, 0) is 29.1 Å². The van der Waals surface area contributed by atoms with Crippen molar-refractivity contribution >= 4 is 39.4 Å². The van der Waals surface area contributed by atoms with Crippen molar-refractivity contribution in [2.24, 2.45) is 5.92 Å². The Balaban J connectivity index is 1.97. The first kappa shape index (κ1) is 23.1. The lowest BCUT2D eigenvalue weighted by molar-refractivity contribution is -0.141. The van der Waals surface area contributed by atoms with Gasteiger partial charge in [-0.25, -0.2) is 8.42 Å². The van der Waals surface area contributed by atoms with Crippen molar-refractivity contribution in [3.8, 4) is 0 Å². The number of nitrogens with one attached hydrogen (secondary N) is 2. The fraction of sp³-hybridized carbons (Fsp3) is 0.500. The molecule has 1 aliphatic rings. The number of carbonyl (C=O) groups excluding carboxylic acids is 3. The third kappa shape index (κ3) is 6.15. The summed E-state index contributed by atoms with van der Waals surface area (Å²) in [5.74, 6) is -2.14. The van der Waals surface area contributed by atoms with Crippen LogP contribution in [-0.4, -0.2) is 63.3 Å². The number of amides is 2. The molecule has 1 heterocycles. The average Bonchev–Trinajstić information content (AvgIpc) is 2.71. The van der Waals surface area contributed by atoms with Crippen LogP contribution >= 0.6 is 11.6 Å². The molecule has 1 aliphatic heterocycles. The van der Waals surface area contributed by atoms with Crippen molar-refractivity contribution in [3.05, 3.63) is 29.3 Å². The van der Waals surface area contributed by atoms with Gasteiger partial charge in [-0.15, -0.1) is 0 Å². The first-order chi connectivity index (χ1) is 13.6. The summed E-state index contributed by atoms with van der Waals surface area (Å²) in [6, 6.07) is 4.97. The van der Waals surface area contributed by atoms with Gasteiger partial charge >= 0.3 is 5.97 Å². The van der Waals surface area contributed by atoms with Crippen LogP contribution in [0.2, 0.25) is 5.02 Å². The largest absolute Gasteiger partial charge is 0.468 e. The monoisotopic (exact) mass is 445 g/mol. The van der Waals surface area contributed by atoms with Crippen LogP contribution in [0.25, 0.3) is 0 Å². The zero-order valence-corrected chi connectivity index (χ0v) is 17.8. The van der Waals surface area contributed by atoms with Crippen LogP contribution in [0.3, 0.4) is 0 Å². The van der Waals surface area contributed by atoms with Gasteiger partial charge < -0.3 is 15.4 Å². The molecule has 2 atom stereocenters. The molecule has 2 amide bonds. The molecule has 0 saturated carbocycles. The van der Waals surface area contributed by atoms with E-state index in [1.165, 1.54) is 42.6 Å². The summed E-state index contributed by atoms with van der Waals surface area (Å²) >= 11 is 5.81. The highest BCUT2D eigenvalue weighted by Crippen LogP contribution is 2.25. The predicted molar refractivity (Wildman–Crippen MR) is 106 cm³/mol. The molecular formula is C18H24ClN3O6S. The van der Waals surface area contributed by atoms with E-state index in [9.17, 15) is 22.8 Å². The van der Waals surface area contributed by atoms with Gasteiger partial charge in [-0.05, 0) is 44.0 Å². The maximum Gasteiger partial charge on any atom is 0.325 e. The summed E-state index contributed by atoms with van der Waals surface area (Å²) in [5, 5.41) is 5.35. The maximum absolute atomic E-state index is 12.8. The highest BCUT2D eigenvalue weighted by Gasteiger charge is 2.34. The van der Waals surface area contributed by atoms with Crippen LogP contribution in [0, 0.1) is 5.92 Å². The van der Waals surface area contributed by atoms with Crippen LogP contribution in [0.15, 0.2) is 29.2 Å². The predicted octanol–water partition coefficient (Wildman–Crippen LogP) is 0.535. The van der Waals surface area contributed by atoms with Crippen LogP contribution in [0.4, 0.5) is 0 Å². The van der Waals surface area contributed by atoms with Crippen LogP contribution in [0.1, 0.15) is 19.8 Å². The lowest BCUT2D eigenvalue weighted by atomic mass is 9.98. The molecule has 160 valence electrons. The Morgan fingerprint density at radius 3 is 2.55 bits per heavy atom. The number of ether oxygens (including phenoxy) is 1. The number of esters is 1. The molecule has 1 saturated heterocycles. The van der Waals surface area contributed by atoms with Crippen molar-refractivity contribution in [3.63, 3.8) is 0 Å². The topological polar surface area (TPSA) is 122 Å². The van der Waals surface area contributed by atoms with E-state index in [0.29, 0.717) is 24.4 Å². The summed E-state index contributed by atoms with van der Waals surface area (Å²) in [7, 11) is -2.55. The molecule has 1 aromatic carbocycles. The van der Waals surface area contributed by atoms with Gasteiger partial charge in [-0.2, -0.15) is 4.31 Å². The van der Waals surface area contributed by atoms with Gasteiger partial charge in [0.1, 0.15) is 12.6 Å². The second kappa shape index (κ2) is 10.0. The minimum absolute atomic E-state index is 0.0211. The Hall–Kier alpha value is -2.17. The maximum atomic E-state index is 12.8. The minimum Gasteiger partial charge on any atom is -0.468 e. The molecule has 1 aromatic rings. The number of hydrogen-bond acceptors (Lipinski definition) is 6. The third-order valence-electron chi connectivity index (χ3n) is 4.59. The van der Waals surface area contributed by atoms with Crippen molar-refractivity contribution in [1.82, 2.24) is 14.9 Å². The standard InChI is InChI=1S/C18H24ClN3O6S/c1-12(17(24)20-10-16(23)28-2)21-18(25)13-4-3-9-22(11-13)29(26,27)15-7-5-14(19)6-8-15/h5-8,12-13H,3-4,9-11H2,1-2H3,(H,20,24)(H,21,25)/t12-,13?/m0/s1. The van der Waals surface area contributed by atoms with Gasteiger partial charge in [-0.3, -0.25) is 14.4 Å². The number of halogens is 1. The third-order valence-corrected chi connectivity index (χ3v) is 6.72. The van der Waals surface area contributed by atoms with Crippen molar-refractivity contribution in [1.29, 1.82) is 0 Å². The van der Waals surface area contributed by atoms with E-state index < -0.39 is 39.8 Å². The first-order valence-corrected chi connectivity index (χ1v) is 10.9. The summed E-state index contributed by atoms with van der Waals surface area (Å²) in [6.45, 7) is 1.51. The molecular weight excluding hydrogens is 422 g/mol. The lowest BCUT2D eigenvalue weighted by Crippen LogP contribution is -2.51. The molecule has 0 aromatic heterocycles. The molecule has 0 radical (unpaired) electrons. The molecule has 1 unspecified atom stereocenters. The Bertz CT molecular complexity index is 859. The smallest absolute Gasteiger partial charge is 0.325 e. The van der Waals surface area contributed by atoms with Gasteiger partial charge in [0.2, 0.25) is 21.8 Å². The molecule has 29 heavy (non-hydrogen) atoms. The number of carbonyl (C=O) groups is 3. The summed E-state index contributed by atoms with van der Waals surface area (Å²) < 4.78 is 31.3. The Morgan fingerprint density at radius 2 is 1.93 bits per heavy atom. The van der Waals surface area contributed by atoms with E-state index in [1.807, 2.05) is 0 Å². The van der Waals surface area contributed by atoms with Gasteiger partial charge in [-0.1, -0.05) is 11.6 Å². The number of benzene rings is 1. The molecule has 11 heteroatoms. The number of rotatable bonds is 7. The second-order valence-electron chi connectivity index (χ2n) is 6.68. The van der Waals surface area contributed by atoms with E-state index in [-0.39, 0.29) is 18.0 Å². The van der Waals surface area contributed by atoms with Crippen LogP contribution in [0.5, 0.6) is 0 Å². The van der Waals surface area contributed by atoms with E-state index in [1.54, 1.807) is 0 Å². The summed E-state index contributed by atoms with van der Waals surface area (Å²) in [5.41, 5.74) is 0. The Labute approximate surface area is 174 Å². The number of hydrogen-bond donors (Lipinski definition) is 2. The average molecular weight is 446 g/mol. The van der Waals surface area contributed by atoms with E-state index in [4.69, 9.17) is 11.6 Å². The van der Waals surface area contributed by atoms with Crippen LogP contribution < -0.4 is 10.6 Å². The first-order valence-electron chi connectivity index (χ1n) is 9.05. The zero-order chi connectivity index (χ0) is 21.6. The number of sulfonamides is 1. The van der Waals surface area contributed by atoms with E-state index in [0.717, 1.165) is 0 Å². The molecule has 2 rings (SSSR count). The molecule has 0 bridgehead atoms. The normalized spacial score (nSPS) is 18.5. The zero-order valence-electron chi connectivity index (χ0n) is 16.2. The van der Waals surface area contributed by atoms with Crippen molar-refractivity contribution in [2.75, 3.05) is 26.7 Å². The number of piperidine rings is 1. The Morgan fingerprint density at radius 1 is 1.28 bits per heavy atom. The fourth-order valence-electron chi connectivity index (χ4n) is 2.91. The van der Waals surface area contributed by atoms with Gasteiger partial charge in [0, 0.05) is 18.1 Å². The van der Waals surface area contributed by atoms with E-state index >= 15 is 0 Å². The molecule has 9 nitrogen and oxygen atoms in total. The molecule has 0 spiro atoms. The number of nitrogens with zero attached hydrogens (tertiary/aromatic N) is 1. The molecule has 1 fully saturated rings. The fourth-order valence-corrected chi connectivity index (χ4v) is 4.56. The van der Waals surface area contributed by atoms with Crippen molar-refractivity contribution in [2.45, 2.75) is 30.7 Å². The SMILES string of the molecule is COC(=O)CNC(=O)[C@H](C)NC(=O)C1CCCN(S(=O)(=O)c2ccc(Cl)cc2)C1. The van der Waals surface area contributed by atoms with Gasteiger partial charge in [0.15, 0.2) is 0 Å². The minimum atomic E-state index is -3.75. The Kier molecular flexibility index (Phi) is 8.00. The van der Waals surface area contributed by atoms with Gasteiger partial charge in [0.05, 0.1) is 17.9 Å². The number of methoxy groups -OCH3 is 1. The summed E-state index contributed by atoms with van der Waals surface area (Å²) in [4.78, 5) is 35.7. The lowest BCUT2D eigenvalue weighted by Gasteiger charge is -2.31. The quantitative estimate of drug-likeness (QED) is 0.590. The molecule has 0 aliphatic carbocycles.